The largest absolute Gasteiger partial charge is 0.466 e. The number of ether oxygens (including phenoxy) is 1. The highest BCUT2D eigenvalue weighted by molar-refractivity contribution is 5.91. The number of amides is 1. The second-order valence-electron chi connectivity index (χ2n) is 5.20. The molecule has 1 aliphatic rings. The number of anilines is 1. The zero-order valence-corrected chi connectivity index (χ0v) is 12.4. The van der Waals surface area contributed by atoms with Crippen LogP contribution in [0.15, 0.2) is 10.6 Å². The molecule has 0 unspecified atom stereocenters. The number of aryl methyl sites for hydroxylation is 1. The highest BCUT2D eigenvalue weighted by atomic mass is 16.5. The molecule has 7 nitrogen and oxygen atoms in total. The van der Waals surface area contributed by atoms with Gasteiger partial charge in [0.2, 0.25) is 5.91 Å². The summed E-state index contributed by atoms with van der Waals surface area (Å²) in [5, 5.41) is 6.39. The first-order valence-corrected chi connectivity index (χ1v) is 7.20. The molecule has 0 aromatic carbocycles. The van der Waals surface area contributed by atoms with E-state index < -0.39 is 0 Å². The summed E-state index contributed by atoms with van der Waals surface area (Å²) in [6.07, 6.45) is 1.71. The molecule has 1 aromatic heterocycles. The Balaban J connectivity index is 1.81. The van der Waals surface area contributed by atoms with Gasteiger partial charge in [-0.1, -0.05) is 5.16 Å². The van der Waals surface area contributed by atoms with E-state index in [1.54, 1.807) is 19.9 Å². The Morgan fingerprint density at radius 1 is 1.57 bits per heavy atom. The van der Waals surface area contributed by atoms with Gasteiger partial charge in [-0.2, -0.15) is 0 Å². The molecule has 1 fully saturated rings. The molecule has 21 heavy (non-hydrogen) atoms. The van der Waals surface area contributed by atoms with Crippen molar-refractivity contribution < 1.29 is 18.8 Å². The van der Waals surface area contributed by atoms with E-state index in [-0.39, 0.29) is 24.3 Å². The first-order valence-electron chi connectivity index (χ1n) is 7.20. The summed E-state index contributed by atoms with van der Waals surface area (Å²) in [5.41, 5.74) is 0. The summed E-state index contributed by atoms with van der Waals surface area (Å²) in [5.74, 6) is 0.588. The normalized spacial score (nSPS) is 19.2. The SMILES string of the molecule is CCOC(=O)[C@H]1CCCN(CC(=O)Nc2cc(C)on2)C1. The van der Waals surface area contributed by atoms with Crippen LogP contribution in [-0.4, -0.2) is 48.2 Å². The maximum atomic E-state index is 11.9. The number of hydrogen-bond donors (Lipinski definition) is 1. The van der Waals surface area contributed by atoms with Gasteiger partial charge in [-0.3, -0.25) is 14.5 Å². The first-order chi connectivity index (χ1) is 10.1. The third-order valence-electron chi connectivity index (χ3n) is 3.39. The molecule has 1 N–H and O–H groups in total. The lowest BCUT2D eigenvalue weighted by Crippen LogP contribution is -2.43. The summed E-state index contributed by atoms with van der Waals surface area (Å²) in [6.45, 7) is 5.55. The van der Waals surface area contributed by atoms with Crippen LogP contribution >= 0.6 is 0 Å². The molecule has 0 radical (unpaired) electrons. The molecule has 116 valence electrons. The molecule has 1 aromatic rings. The summed E-state index contributed by atoms with van der Waals surface area (Å²) in [4.78, 5) is 25.7. The minimum absolute atomic E-state index is 0.138. The Hall–Kier alpha value is -1.89. The van der Waals surface area contributed by atoms with Crippen molar-refractivity contribution in [1.82, 2.24) is 10.1 Å². The van der Waals surface area contributed by atoms with Gasteiger partial charge < -0.3 is 14.6 Å². The van der Waals surface area contributed by atoms with Crippen LogP contribution in [0, 0.1) is 12.8 Å². The average Bonchev–Trinajstić information content (AvgIpc) is 2.84. The Morgan fingerprint density at radius 3 is 3.05 bits per heavy atom. The van der Waals surface area contributed by atoms with Gasteiger partial charge in [0.1, 0.15) is 5.76 Å². The van der Waals surface area contributed by atoms with E-state index in [0.717, 1.165) is 19.4 Å². The number of carbonyl (C=O) groups is 2. The fourth-order valence-electron chi connectivity index (χ4n) is 2.46. The van der Waals surface area contributed by atoms with Crippen LogP contribution in [0.4, 0.5) is 5.82 Å². The molecule has 1 amide bonds. The van der Waals surface area contributed by atoms with Crippen LogP contribution in [0.3, 0.4) is 0 Å². The molecule has 2 heterocycles. The second kappa shape index (κ2) is 7.21. The van der Waals surface area contributed by atoms with Crippen LogP contribution in [0.5, 0.6) is 0 Å². The van der Waals surface area contributed by atoms with Crippen molar-refractivity contribution in [3.63, 3.8) is 0 Å². The highest BCUT2D eigenvalue weighted by Gasteiger charge is 2.27. The standard InChI is InChI=1S/C14H21N3O4/c1-3-20-14(19)11-5-4-6-17(8-11)9-13(18)15-12-7-10(2)21-16-12/h7,11H,3-6,8-9H2,1-2H3,(H,15,16,18)/t11-/m0/s1. The number of likely N-dealkylation sites (tertiary alicyclic amines) is 1. The summed E-state index contributed by atoms with van der Waals surface area (Å²) >= 11 is 0. The van der Waals surface area contributed by atoms with Crippen molar-refractivity contribution in [2.45, 2.75) is 26.7 Å². The third-order valence-corrected chi connectivity index (χ3v) is 3.39. The molecule has 0 saturated carbocycles. The minimum atomic E-state index is -0.172. The maximum Gasteiger partial charge on any atom is 0.310 e. The molecule has 0 spiro atoms. The van der Waals surface area contributed by atoms with Crippen LogP contribution in [0.2, 0.25) is 0 Å². The van der Waals surface area contributed by atoms with E-state index in [2.05, 4.69) is 10.5 Å². The third kappa shape index (κ3) is 4.56. The quantitative estimate of drug-likeness (QED) is 0.822. The van der Waals surface area contributed by atoms with Crippen molar-refractivity contribution in [1.29, 1.82) is 0 Å². The van der Waals surface area contributed by atoms with Gasteiger partial charge in [0.25, 0.3) is 0 Å². The Labute approximate surface area is 123 Å². The molecule has 2 rings (SSSR count). The van der Waals surface area contributed by atoms with Gasteiger partial charge in [0, 0.05) is 12.6 Å². The number of rotatable bonds is 5. The van der Waals surface area contributed by atoms with E-state index >= 15 is 0 Å². The predicted molar refractivity (Wildman–Crippen MR) is 75.7 cm³/mol. The van der Waals surface area contributed by atoms with E-state index in [4.69, 9.17) is 9.26 Å². The molecule has 1 aliphatic heterocycles. The molecule has 0 bridgehead atoms. The van der Waals surface area contributed by atoms with Crippen LogP contribution < -0.4 is 5.32 Å². The van der Waals surface area contributed by atoms with E-state index in [1.807, 2.05) is 4.90 Å². The molecular formula is C14H21N3O4. The molecule has 7 heteroatoms. The Morgan fingerprint density at radius 2 is 2.38 bits per heavy atom. The predicted octanol–water partition coefficient (Wildman–Crippen LogP) is 1.20. The van der Waals surface area contributed by atoms with Gasteiger partial charge in [-0.15, -0.1) is 0 Å². The van der Waals surface area contributed by atoms with Gasteiger partial charge in [0.15, 0.2) is 5.82 Å². The number of piperidine rings is 1. The van der Waals surface area contributed by atoms with Gasteiger partial charge in [-0.05, 0) is 33.2 Å². The van der Waals surface area contributed by atoms with Crippen molar-refractivity contribution >= 4 is 17.7 Å². The zero-order valence-electron chi connectivity index (χ0n) is 12.4. The number of aromatic nitrogens is 1. The number of nitrogens with one attached hydrogen (secondary N) is 1. The number of esters is 1. The minimum Gasteiger partial charge on any atom is -0.466 e. The summed E-state index contributed by atoms with van der Waals surface area (Å²) < 4.78 is 9.94. The monoisotopic (exact) mass is 295 g/mol. The van der Waals surface area contributed by atoms with Crippen molar-refractivity contribution in [2.24, 2.45) is 5.92 Å². The number of nitrogens with zero attached hydrogens (tertiary/aromatic N) is 2. The molecule has 1 atom stereocenters. The molecule has 1 saturated heterocycles. The van der Waals surface area contributed by atoms with Crippen LogP contribution in [0.1, 0.15) is 25.5 Å². The van der Waals surface area contributed by atoms with E-state index in [0.29, 0.717) is 24.7 Å². The van der Waals surface area contributed by atoms with Crippen LogP contribution in [0.25, 0.3) is 0 Å². The molecular weight excluding hydrogens is 274 g/mol. The zero-order chi connectivity index (χ0) is 15.2. The van der Waals surface area contributed by atoms with Gasteiger partial charge in [0.05, 0.1) is 19.1 Å². The molecule has 0 aliphatic carbocycles. The average molecular weight is 295 g/mol. The first kappa shape index (κ1) is 15.5. The fourth-order valence-corrected chi connectivity index (χ4v) is 2.46. The Bertz CT molecular complexity index is 500. The number of carbonyl (C=O) groups excluding carboxylic acids is 2. The van der Waals surface area contributed by atoms with Crippen LogP contribution in [-0.2, 0) is 14.3 Å². The maximum absolute atomic E-state index is 11.9. The van der Waals surface area contributed by atoms with Crippen molar-refractivity contribution in [2.75, 3.05) is 31.6 Å². The highest BCUT2D eigenvalue weighted by Crippen LogP contribution is 2.18. The van der Waals surface area contributed by atoms with Crippen molar-refractivity contribution in [3.8, 4) is 0 Å². The summed E-state index contributed by atoms with van der Waals surface area (Å²) in [7, 11) is 0. The second-order valence-corrected chi connectivity index (χ2v) is 5.20. The van der Waals surface area contributed by atoms with Crippen molar-refractivity contribution in [3.05, 3.63) is 11.8 Å². The fraction of sp³-hybridized carbons (Fsp3) is 0.643. The van der Waals surface area contributed by atoms with E-state index in [9.17, 15) is 9.59 Å². The van der Waals surface area contributed by atoms with Gasteiger partial charge in [-0.25, -0.2) is 0 Å². The lowest BCUT2D eigenvalue weighted by Gasteiger charge is -2.30. The summed E-state index contributed by atoms with van der Waals surface area (Å²) in [6, 6.07) is 1.66. The topological polar surface area (TPSA) is 84.7 Å². The number of hydrogen-bond acceptors (Lipinski definition) is 6. The lowest BCUT2D eigenvalue weighted by atomic mass is 9.98. The Kier molecular flexibility index (Phi) is 5.32. The lowest BCUT2D eigenvalue weighted by molar-refractivity contribution is -0.150. The smallest absolute Gasteiger partial charge is 0.310 e. The van der Waals surface area contributed by atoms with E-state index in [1.165, 1.54) is 0 Å². The van der Waals surface area contributed by atoms with Gasteiger partial charge >= 0.3 is 5.97 Å².